The molecule has 0 unspecified atom stereocenters. The lowest BCUT2D eigenvalue weighted by Crippen LogP contribution is -2.14. The molecule has 0 atom stereocenters. The van der Waals surface area contributed by atoms with E-state index in [0.29, 0.717) is 18.0 Å². The van der Waals surface area contributed by atoms with Gasteiger partial charge >= 0.3 is 0 Å². The zero-order valence-electron chi connectivity index (χ0n) is 12.5. The fourth-order valence-corrected chi connectivity index (χ4v) is 2.34. The normalized spacial score (nSPS) is 10.7. The number of benzene rings is 2. The Hall–Kier alpha value is -2.58. The second-order valence-electron chi connectivity index (χ2n) is 4.57. The molecule has 0 aliphatic rings. The highest BCUT2D eigenvalue weighted by atomic mass is 79.9. The molecular weight excluding hydrogens is 356 g/mol. The van der Waals surface area contributed by atoms with E-state index >= 15 is 0 Å². The SMILES string of the molecule is CCOc1ccccc1NC(=O)/C(C#N)=C\c1ccccc1Br. The summed E-state index contributed by atoms with van der Waals surface area (Å²) in [5.41, 5.74) is 1.31. The zero-order chi connectivity index (χ0) is 16.7. The lowest BCUT2D eigenvalue weighted by molar-refractivity contribution is -0.112. The monoisotopic (exact) mass is 370 g/mol. The number of rotatable bonds is 5. The van der Waals surface area contributed by atoms with Gasteiger partial charge in [0.1, 0.15) is 17.4 Å². The third kappa shape index (κ3) is 4.44. The van der Waals surface area contributed by atoms with Crippen molar-refractivity contribution in [2.75, 3.05) is 11.9 Å². The Labute approximate surface area is 143 Å². The van der Waals surface area contributed by atoms with E-state index in [2.05, 4.69) is 21.2 Å². The molecule has 116 valence electrons. The molecule has 0 bridgehead atoms. The van der Waals surface area contributed by atoms with Crippen molar-refractivity contribution in [1.82, 2.24) is 0 Å². The van der Waals surface area contributed by atoms with Crippen molar-refractivity contribution in [3.8, 4) is 11.8 Å². The largest absolute Gasteiger partial charge is 0.492 e. The summed E-state index contributed by atoms with van der Waals surface area (Å²) in [7, 11) is 0. The topological polar surface area (TPSA) is 62.1 Å². The first-order valence-corrected chi connectivity index (χ1v) is 7.84. The highest BCUT2D eigenvalue weighted by molar-refractivity contribution is 9.10. The summed E-state index contributed by atoms with van der Waals surface area (Å²) in [5, 5.41) is 12.0. The molecule has 1 amide bonds. The number of nitrogens with one attached hydrogen (secondary N) is 1. The van der Waals surface area contributed by atoms with Crippen LogP contribution in [0.5, 0.6) is 5.75 Å². The van der Waals surface area contributed by atoms with Crippen molar-refractivity contribution in [1.29, 1.82) is 5.26 Å². The van der Waals surface area contributed by atoms with Crippen LogP contribution in [0.25, 0.3) is 6.08 Å². The van der Waals surface area contributed by atoms with E-state index < -0.39 is 5.91 Å². The van der Waals surface area contributed by atoms with Crippen molar-refractivity contribution in [2.24, 2.45) is 0 Å². The minimum Gasteiger partial charge on any atom is -0.492 e. The van der Waals surface area contributed by atoms with Gasteiger partial charge in [0.05, 0.1) is 12.3 Å². The third-order valence-electron chi connectivity index (χ3n) is 3.01. The van der Waals surface area contributed by atoms with E-state index in [1.807, 2.05) is 43.3 Å². The summed E-state index contributed by atoms with van der Waals surface area (Å²) in [6, 6.07) is 16.4. The number of ether oxygens (including phenoxy) is 1. The number of anilines is 1. The Morgan fingerprint density at radius 2 is 1.96 bits per heavy atom. The molecule has 2 rings (SSSR count). The molecular formula is C18H15BrN2O2. The first-order valence-electron chi connectivity index (χ1n) is 7.05. The fourth-order valence-electron chi connectivity index (χ4n) is 1.94. The van der Waals surface area contributed by atoms with Crippen molar-refractivity contribution in [2.45, 2.75) is 6.92 Å². The van der Waals surface area contributed by atoms with Crippen LogP contribution >= 0.6 is 15.9 Å². The number of nitriles is 1. The molecule has 0 aliphatic carbocycles. The predicted octanol–water partition coefficient (Wildman–Crippen LogP) is 4.39. The van der Waals surface area contributed by atoms with Crippen LogP contribution in [-0.4, -0.2) is 12.5 Å². The number of amides is 1. The van der Waals surface area contributed by atoms with Gasteiger partial charge < -0.3 is 10.1 Å². The molecule has 0 aliphatic heterocycles. The maximum atomic E-state index is 12.3. The van der Waals surface area contributed by atoms with Crippen molar-refractivity contribution in [3.05, 3.63) is 64.1 Å². The van der Waals surface area contributed by atoms with Crippen molar-refractivity contribution in [3.63, 3.8) is 0 Å². The molecule has 0 saturated carbocycles. The molecule has 0 aromatic heterocycles. The van der Waals surface area contributed by atoms with Crippen LogP contribution in [0.3, 0.4) is 0 Å². The number of carbonyl (C=O) groups is 1. The minimum atomic E-state index is -0.476. The number of halogens is 1. The smallest absolute Gasteiger partial charge is 0.266 e. The van der Waals surface area contributed by atoms with Crippen LogP contribution in [0, 0.1) is 11.3 Å². The standard InChI is InChI=1S/C18H15BrN2O2/c1-2-23-17-10-6-5-9-16(17)21-18(22)14(12-20)11-13-7-3-4-8-15(13)19/h3-11H,2H2,1H3,(H,21,22)/b14-11-. The maximum Gasteiger partial charge on any atom is 0.266 e. The lowest BCUT2D eigenvalue weighted by atomic mass is 10.1. The number of hydrogen-bond acceptors (Lipinski definition) is 3. The molecule has 0 spiro atoms. The van der Waals surface area contributed by atoms with E-state index in [4.69, 9.17) is 4.74 Å². The van der Waals surface area contributed by atoms with Gasteiger partial charge in [0.25, 0.3) is 5.91 Å². The minimum absolute atomic E-state index is 0.0169. The second-order valence-corrected chi connectivity index (χ2v) is 5.43. The van der Waals surface area contributed by atoms with Crippen molar-refractivity contribution >= 4 is 33.6 Å². The summed E-state index contributed by atoms with van der Waals surface area (Å²) in [4.78, 5) is 12.3. The summed E-state index contributed by atoms with van der Waals surface area (Å²) < 4.78 is 6.28. The molecule has 2 aromatic rings. The van der Waals surface area contributed by atoms with E-state index in [0.717, 1.165) is 10.0 Å². The Morgan fingerprint density at radius 1 is 1.26 bits per heavy atom. The highest BCUT2D eigenvalue weighted by Gasteiger charge is 2.12. The summed E-state index contributed by atoms with van der Waals surface area (Å²) in [6.07, 6.45) is 1.54. The van der Waals surface area contributed by atoms with Gasteiger partial charge in [-0.25, -0.2) is 0 Å². The molecule has 0 fully saturated rings. The van der Waals surface area contributed by atoms with Gasteiger partial charge in [-0.15, -0.1) is 0 Å². The van der Waals surface area contributed by atoms with Gasteiger partial charge in [-0.2, -0.15) is 5.26 Å². The van der Waals surface area contributed by atoms with Gasteiger partial charge in [0.15, 0.2) is 0 Å². The van der Waals surface area contributed by atoms with Gasteiger partial charge in [0.2, 0.25) is 0 Å². The number of nitrogens with zero attached hydrogens (tertiary/aromatic N) is 1. The molecule has 1 N–H and O–H groups in total. The Balaban J connectivity index is 2.25. The second kappa shape index (κ2) is 8.16. The molecule has 5 heteroatoms. The molecule has 0 heterocycles. The van der Waals surface area contributed by atoms with Gasteiger partial charge in [-0.1, -0.05) is 46.3 Å². The number of carbonyl (C=O) groups excluding carboxylic acids is 1. The third-order valence-corrected chi connectivity index (χ3v) is 3.73. The zero-order valence-corrected chi connectivity index (χ0v) is 14.1. The molecule has 23 heavy (non-hydrogen) atoms. The molecule has 2 aromatic carbocycles. The van der Waals surface area contributed by atoms with Crippen LogP contribution in [0.15, 0.2) is 58.6 Å². The Kier molecular flexibility index (Phi) is 5.95. The van der Waals surface area contributed by atoms with Crippen LogP contribution in [0.2, 0.25) is 0 Å². The van der Waals surface area contributed by atoms with Crippen molar-refractivity contribution < 1.29 is 9.53 Å². The highest BCUT2D eigenvalue weighted by Crippen LogP contribution is 2.25. The van der Waals surface area contributed by atoms with Gasteiger partial charge in [-0.3, -0.25) is 4.79 Å². The van der Waals surface area contributed by atoms with Gasteiger partial charge in [0, 0.05) is 4.47 Å². The predicted molar refractivity (Wildman–Crippen MR) is 94.0 cm³/mol. The number of para-hydroxylation sites is 2. The van der Waals surface area contributed by atoms with Crippen LogP contribution in [0.1, 0.15) is 12.5 Å². The van der Waals surface area contributed by atoms with Crippen LogP contribution in [-0.2, 0) is 4.79 Å². The van der Waals surface area contributed by atoms with Crippen LogP contribution < -0.4 is 10.1 Å². The van der Waals surface area contributed by atoms with Gasteiger partial charge in [-0.05, 0) is 36.8 Å². The fraction of sp³-hybridized carbons (Fsp3) is 0.111. The van der Waals surface area contributed by atoms with Crippen LogP contribution in [0.4, 0.5) is 5.69 Å². The first-order chi connectivity index (χ1) is 11.2. The van der Waals surface area contributed by atoms with E-state index in [1.54, 1.807) is 24.3 Å². The summed E-state index contributed by atoms with van der Waals surface area (Å²) in [5.74, 6) is 0.0944. The molecule has 4 nitrogen and oxygen atoms in total. The Morgan fingerprint density at radius 3 is 2.65 bits per heavy atom. The average Bonchev–Trinajstić information content (AvgIpc) is 2.56. The lowest BCUT2D eigenvalue weighted by Gasteiger charge is -2.10. The summed E-state index contributed by atoms with van der Waals surface area (Å²) >= 11 is 3.40. The molecule has 0 radical (unpaired) electrons. The number of hydrogen-bond donors (Lipinski definition) is 1. The van der Waals surface area contributed by atoms with E-state index in [9.17, 15) is 10.1 Å². The van der Waals surface area contributed by atoms with E-state index in [-0.39, 0.29) is 5.57 Å². The Bertz CT molecular complexity index is 779. The molecule has 0 saturated heterocycles. The quantitative estimate of drug-likeness (QED) is 0.626. The van der Waals surface area contributed by atoms with E-state index in [1.165, 1.54) is 0 Å². The maximum absolute atomic E-state index is 12.3. The first kappa shape index (κ1) is 16.8. The summed E-state index contributed by atoms with van der Waals surface area (Å²) in [6.45, 7) is 2.36. The average molecular weight is 371 g/mol.